The zero-order valence-electron chi connectivity index (χ0n) is 14.7. The number of likely N-dealkylation sites (tertiary alicyclic amines) is 1. The molecule has 25 heavy (non-hydrogen) atoms. The van der Waals surface area contributed by atoms with Gasteiger partial charge in [0.2, 0.25) is 5.89 Å². The minimum atomic E-state index is 0.0620. The number of aromatic nitrogens is 4. The van der Waals surface area contributed by atoms with Gasteiger partial charge in [-0.2, -0.15) is 10.1 Å². The number of piperidine rings is 1. The zero-order chi connectivity index (χ0) is 17.2. The van der Waals surface area contributed by atoms with Gasteiger partial charge in [-0.25, -0.2) is 0 Å². The standard InChI is InChI=1S/C18H25N5O2/c1-13-20-17(21-25-13)14-6-5-9-22(11-14)18(24)15-10-19-23(12-15)16-7-3-2-4-8-16/h10,12,14,16H,2-9,11H2,1H3/t14-/m0/s1. The second-order valence-electron chi connectivity index (χ2n) is 7.26. The average molecular weight is 343 g/mol. The van der Waals surface area contributed by atoms with Gasteiger partial charge in [-0.05, 0) is 25.7 Å². The monoisotopic (exact) mass is 343 g/mol. The summed E-state index contributed by atoms with van der Waals surface area (Å²) in [5.74, 6) is 1.51. The molecule has 3 heterocycles. The van der Waals surface area contributed by atoms with Crippen molar-refractivity contribution in [2.24, 2.45) is 0 Å². The molecule has 0 unspecified atom stereocenters. The summed E-state index contributed by atoms with van der Waals surface area (Å²) in [7, 11) is 0. The van der Waals surface area contributed by atoms with Gasteiger partial charge in [0.15, 0.2) is 5.82 Å². The number of carbonyl (C=O) groups is 1. The molecular weight excluding hydrogens is 318 g/mol. The summed E-state index contributed by atoms with van der Waals surface area (Å²) >= 11 is 0. The number of hydrogen-bond donors (Lipinski definition) is 0. The highest BCUT2D eigenvalue weighted by molar-refractivity contribution is 5.93. The molecule has 7 heteroatoms. The van der Waals surface area contributed by atoms with Crippen LogP contribution in [0.4, 0.5) is 0 Å². The van der Waals surface area contributed by atoms with Crippen LogP contribution in [0.15, 0.2) is 16.9 Å². The number of nitrogens with zero attached hydrogens (tertiary/aromatic N) is 5. The van der Waals surface area contributed by atoms with E-state index >= 15 is 0 Å². The summed E-state index contributed by atoms with van der Waals surface area (Å²) in [6.45, 7) is 3.22. The Morgan fingerprint density at radius 1 is 1.20 bits per heavy atom. The van der Waals surface area contributed by atoms with E-state index in [4.69, 9.17) is 4.52 Å². The number of amides is 1. The number of hydrogen-bond acceptors (Lipinski definition) is 5. The second-order valence-corrected chi connectivity index (χ2v) is 7.26. The van der Waals surface area contributed by atoms with Gasteiger partial charge in [0.1, 0.15) is 0 Å². The summed E-state index contributed by atoms with van der Waals surface area (Å²) in [6.07, 6.45) is 11.8. The highest BCUT2D eigenvalue weighted by atomic mass is 16.5. The maximum absolute atomic E-state index is 12.9. The van der Waals surface area contributed by atoms with Crippen molar-refractivity contribution < 1.29 is 9.32 Å². The van der Waals surface area contributed by atoms with Crippen molar-refractivity contribution >= 4 is 5.91 Å². The Morgan fingerprint density at radius 2 is 2.04 bits per heavy atom. The predicted octanol–water partition coefficient (Wildman–Crippen LogP) is 3.10. The zero-order valence-corrected chi connectivity index (χ0v) is 14.7. The van der Waals surface area contributed by atoms with Crippen LogP contribution in [0.3, 0.4) is 0 Å². The van der Waals surface area contributed by atoms with E-state index in [2.05, 4.69) is 15.2 Å². The number of aryl methyl sites for hydroxylation is 1. The average Bonchev–Trinajstić information content (AvgIpc) is 3.31. The van der Waals surface area contributed by atoms with E-state index in [0.29, 0.717) is 29.9 Å². The van der Waals surface area contributed by atoms with Crippen molar-refractivity contribution in [3.05, 3.63) is 29.7 Å². The van der Waals surface area contributed by atoms with E-state index in [-0.39, 0.29) is 11.8 Å². The van der Waals surface area contributed by atoms with Gasteiger partial charge in [-0.1, -0.05) is 24.4 Å². The first-order chi connectivity index (χ1) is 12.2. The number of rotatable bonds is 3. The quantitative estimate of drug-likeness (QED) is 0.856. The first kappa shape index (κ1) is 16.3. The van der Waals surface area contributed by atoms with Crippen LogP contribution in [0.25, 0.3) is 0 Å². The van der Waals surface area contributed by atoms with Gasteiger partial charge < -0.3 is 9.42 Å². The molecule has 1 aliphatic carbocycles. The highest BCUT2D eigenvalue weighted by Gasteiger charge is 2.29. The lowest BCUT2D eigenvalue weighted by molar-refractivity contribution is 0.0703. The minimum absolute atomic E-state index is 0.0620. The van der Waals surface area contributed by atoms with E-state index in [1.54, 1.807) is 13.1 Å². The molecule has 2 fully saturated rings. The fraction of sp³-hybridized carbons (Fsp3) is 0.667. The summed E-state index contributed by atoms with van der Waals surface area (Å²) in [5.41, 5.74) is 0.690. The van der Waals surface area contributed by atoms with Gasteiger partial charge in [0.05, 0.1) is 17.8 Å². The van der Waals surface area contributed by atoms with E-state index in [1.165, 1.54) is 19.3 Å². The van der Waals surface area contributed by atoms with Gasteiger partial charge in [0, 0.05) is 32.1 Å². The first-order valence-electron chi connectivity index (χ1n) is 9.34. The molecule has 2 aliphatic rings. The van der Waals surface area contributed by atoms with Crippen LogP contribution in [0.5, 0.6) is 0 Å². The first-order valence-corrected chi connectivity index (χ1v) is 9.34. The summed E-state index contributed by atoms with van der Waals surface area (Å²) in [6, 6.07) is 0.451. The Bertz CT molecular complexity index is 731. The minimum Gasteiger partial charge on any atom is -0.340 e. The molecule has 4 rings (SSSR count). The molecule has 1 amide bonds. The van der Waals surface area contributed by atoms with Crippen molar-refractivity contribution in [2.75, 3.05) is 13.1 Å². The lowest BCUT2D eigenvalue weighted by Gasteiger charge is -2.31. The van der Waals surface area contributed by atoms with Gasteiger partial charge in [0.25, 0.3) is 5.91 Å². The number of carbonyl (C=O) groups excluding carboxylic acids is 1. The van der Waals surface area contributed by atoms with Gasteiger partial charge in [-0.3, -0.25) is 9.48 Å². The summed E-state index contributed by atoms with van der Waals surface area (Å²) in [4.78, 5) is 19.1. The molecule has 0 spiro atoms. The SMILES string of the molecule is Cc1nc([C@H]2CCCN(C(=O)c3cnn(C4CCCCC4)c3)C2)no1. The van der Waals surface area contributed by atoms with Gasteiger partial charge >= 0.3 is 0 Å². The molecule has 1 atom stereocenters. The molecule has 7 nitrogen and oxygen atoms in total. The van der Waals surface area contributed by atoms with E-state index < -0.39 is 0 Å². The molecule has 1 saturated heterocycles. The topological polar surface area (TPSA) is 77.1 Å². The van der Waals surface area contributed by atoms with Crippen LogP contribution in [0, 0.1) is 6.92 Å². The van der Waals surface area contributed by atoms with E-state index in [9.17, 15) is 4.79 Å². The molecule has 2 aromatic heterocycles. The summed E-state index contributed by atoms with van der Waals surface area (Å²) < 4.78 is 7.09. The third-order valence-corrected chi connectivity index (χ3v) is 5.41. The third kappa shape index (κ3) is 3.45. The molecule has 1 saturated carbocycles. The fourth-order valence-electron chi connectivity index (χ4n) is 4.03. The van der Waals surface area contributed by atoms with Crippen LogP contribution >= 0.6 is 0 Å². The van der Waals surface area contributed by atoms with E-state index in [0.717, 1.165) is 32.2 Å². The molecular formula is C18H25N5O2. The van der Waals surface area contributed by atoms with Crippen LogP contribution < -0.4 is 0 Å². The molecule has 0 bridgehead atoms. The molecule has 0 radical (unpaired) electrons. The lowest BCUT2D eigenvalue weighted by atomic mass is 9.96. The van der Waals surface area contributed by atoms with Crippen LogP contribution in [-0.2, 0) is 0 Å². The Labute approximate surface area is 147 Å². The van der Waals surface area contributed by atoms with E-state index in [1.807, 2.05) is 15.8 Å². The van der Waals surface area contributed by atoms with Crippen molar-refractivity contribution in [1.82, 2.24) is 24.8 Å². The maximum atomic E-state index is 12.9. The van der Waals surface area contributed by atoms with Crippen LogP contribution in [0.1, 0.15) is 79.0 Å². The maximum Gasteiger partial charge on any atom is 0.257 e. The van der Waals surface area contributed by atoms with Crippen molar-refractivity contribution in [3.8, 4) is 0 Å². The van der Waals surface area contributed by atoms with Crippen LogP contribution in [0.2, 0.25) is 0 Å². The van der Waals surface area contributed by atoms with Crippen LogP contribution in [-0.4, -0.2) is 43.8 Å². The smallest absolute Gasteiger partial charge is 0.257 e. The Hall–Kier alpha value is -2.18. The Morgan fingerprint density at radius 3 is 2.80 bits per heavy atom. The van der Waals surface area contributed by atoms with Crippen molar-refractivity contribution in [1.29, 1.82) is 0 Å². The Balaban J connectivity index is 1.44. The molecule has 2 aromatic rings. The normalized spacial score (nSPS) is 22.3. The van der Waals surface area contributed by atoms with Crippen molar-refractivity contribution in [3.63, 3.8) is 0 Å². The molecule has 0 aromatic carbocycles. The predicted molar refractivity (Wildman–Crippen MR) is 91.3 cm³/mol. The fourth-order valence-corrected chi connectivity index (χ4v) is 4.03. The third-order valence-electron chi connectivity index (χ3n) is 5.41. The van der Waals surface area contributed by atoms with Crippen molar-refractivity contribution in [2.45, 2.75) is 63.8 Å². The Kier molecular flexibility index (Phi) is 4.55. The lowest BCUT2D eigenvalue weighted by Crippen LogP contribution is -2.39. The molecule has 1 aliphatic heterocycles. The largest absolute Gasteiger partial charge is 0.340 e. The molecule has 134 valence electrons. The second kappa shape index (κ2) is 6.98. The van der Waals surface area contributed by atoms with Gasteiger partial charge in [-0.15, -0.1) is 0 Å². The molecule has 0 N–H and O–H groups in total. The summed E-state index contributed by atoms with van der Waals surface area (Å²) in [5, 5.41) is 8.50. The highest BCUT2D eigenvalue weighted by Crippen LogP contribution is 2.29.